The van der Waals surface area contributed by atoms with Crippen molar-refractivity contribution in [3.8, 4) is 22.6 Å². The summed E-state index contributed by atoms with van der Waals surface area (Å²) in [5.41, 5.74) is 6.87. The number of likely N-dealkylation sites (N-methyl/N-ethyl adjacent to an activating group) is 4. The lowest BCUT2D eigenvalue weighted by Gasteiger charge is -2.33. The van der Waals surface area contributed by atoms with Gasteiger partial charge < -0.3 is 9.05 Å². The fourth-order valence-electron chi connectivity index (χ4n) is 11.0. The van der Waals surface area contributed by atoms with Gasteiger partial charge in [0.25, 0.3) is 0 Å². The molecule has 2 aliphatic heterocycles. The van der Waals surface area contributed by atoms with E-state index in [4.69, 9.17) is 9.05 Å². The number of allylic oxidation sites excluding steroid dienone is 4. The lowest BCUT2D eigenvalue weighted by molar-refractivity contribution is -0.120. The zero-order valence-electron chi connectivity index (χ0n) is 37.9. The molecule has 2 saturated heterocycles. The van der Waals surface area contributed by atoms with Gasteiger partial charge in [0, 0.05) is 47.1 Å². The van der Waals surface area contributed by atoms with Crippen LogP contribution in [0.25, 0.3) is 44.8 Å². The van der Waals surface area contributed by atoms with Crippen molar-refractivity contribution in [2.24, 2.45) is 11.8 Å². The van der Waals surface area contributed by atoms with E-state index in [1.54, 1.807) is 0 Å². The minimum atomic E-state index is -1.23. The second kappa shape index (κ2) is 18.6. The molecule has 8 unspecified atom stereocenters. The topological polar surface area (TPSA) is 65.6 Å². The maximum Gasteiger partial charge on any atom is 0.248 e. The van der Waals surface area contributed by atoms with Crippen molar-refractivity contribution in [3.63, 3.8) is 0 Å². The predicted octanol–water partition coefficient (Wildman–Crippen LogP) is 12.4. The molecule has 8 rings (SSSR count). The molecule has 2 heterocycles. The number of carbonyl (C=O) groups is 2. The number of benzene rings is 4. The highest BCUT2D eigenvalue weighted by molar-refractivity contribution is 7.48. The molecule has 10 heteroatoms. The van der Waals surface area contributed by atoms with Gasteiger partial charge in [-0.15, -0.1) is 0 Å². The first-order valence-corrected chi connectivity index (χ1v) is 24.9. The fraction of sp³-hybridized carbons (Fsp3) is 0.423. The van der Waals surface area contributed by atoms with E-state index in [1.807, 2.05) is 0 Å². The van der Waals surface area contributed by atoms with Gasteiger partial charge in [-0.3, -0.25) is 9.59 Å². The van der Waals surface area contributed by atoms with Crippen molar-refractivity contribution < 1.29 is 18.6 Å². The number of hydrogen-bond acceptors (Lipinski definition) is 8. The van der Waals surface area contributed by atoms with Crippen LogP contribution in [0.3, 0.4) is 0 Å². The second-order valence-electron chi connectivity index (χ2n) is 17.6. The van der Waals surface area contributed by atoms with Gasteiger partial charge in [-0.25, -0.2) is 18.7 Å². The first-order chi connectivity index (χ1) is 30.0. The SMILES string of the molecule is C=CC(=O)C1CCC2C(C1)N(C)P(Oc1cc(CC)c3cc(/C=C\C)ccc3c1-c1c(OP3N(C)C4CCC(C(=O)C=C)CC4N3C)cc(CC)c3cc(/C=C/C)ccc13)N2C. The van der Waals surface area contributed by atoms with Gasteiger partial charge in [0.2, 0.25) is 16.9 Å². The lowest BCUT2D eigenvalue weighted by atomic mass is 9.80. The van der Waals surface area contributed by atoms with Gasteiger partial charge in [-0.2, -0.15) is 0 Å². The van der Waals surface area contributed by atoms with Crippen molar-refractivity contribution in [1.82, 2.24) is 18.7 Å². The number of fused-ring (bicyclic) bond motifs is 4. The molecule has 4 fully saturated rings. The normalized spacial score (nSPS) is 27.3. The highest BCUT2D eigenvalue weighted by atomic mass is 31.2. The largest absolute Gasteiger partial charge is 0.444 e. The van der Waals surface area contributed by atoms with Crippen LogP contribution in [-0.4, -0.2) is 82.6 Å². The Kier molecular flexibility index (Phi) is 13.4. The Labute approximate surface area is 372 Å². The summed E-state index contributed by atoms with van der Waals surface area (Å²) >= 11 is 0. The van der Waals surface area contributed by atoms with E-state index in [2.05, 4.69) is 161 Å². The molecule has 8 atom stereocenters. The molecule has 0 bridgehead atoms. The first-order valence-electron chi connectivity index (χ1n) is 22.6. The third-order valence-electron chi connectivity index (χ3n) is 14.3. The van der Waals surface area contributed by atoms with E-state index in [9.17, 15) is 9.59 Å². The first kappa shape index (κ1) is 44.6. The van der Waals surface area contributed by atoms with E-state index in [0.29, 0.717) is 12.1 Å². The van der Waals surface area contributed by atoms with Crippen LogP contribution >= 0.6 is 16.9 Å². The number of rotatable bonds is 13. The Balaban J connectivity index is 1.34. The number of hydrogen-bond donors (Lipinski definition) is 0. The Morgan fingerprint density at radius 3 is 1.34 bits per heavy atom. The molecule has 4 aromatic carbocycles. The van der Waals surface area contributed by atoms with Gasteiger partial charge in [0.05, 0.1) is 0 Å². The molecule has 2 aliphatic carbocycles. The van der Waals surface area contributed by atoms with Gasteiger partial charge >= 0.3 is 0 Å². The molecule has 326 valence electrons. The highest BCUT2D eigenvalue weighted by Crippen LogP contribution is 2.61. The summed E-state index contributed by atoms with van der Waals surface area (Å²) in [4.78, 5) is 25.8. The van der Waals surface area contributed by atoms with E-state index < -0.39 is 16.9 Å². The number of ketones is 2. The minimum absolute atomic E-state index is 0.00424. The molecule has 62 heavy (non-hydrogen) atoms. The van der Waals surface area contributed by atoms with Gasteiger partial charge in [-0.1, -0.05) is 75.6 Å². The average Bonchev–Trinajstić information content (AvgIpc) is 3.67. The van der Waals surface area contributed by atoms with Gasteiger partial charge in [-0.05, 0) is 174 Å². The maximum absolute atomic E-state index is 12.9. The van der Waals surface area contributed by atoms with Gasteiger partial charge in [0.15, 0.2) is 11.6 Å². The summed E-state index contributed by atoms with van der Waals surface area (Å²) in [5, 5.41) is 4.68. The molecule has 0 amide bonds. The quantitative estimate of drug-likeness (QED) is 0.0972. The maximum atomic E-state index is 12.9. The molecule has 0 aromatic heterocycles. The van der Waals surface area contributed by atoms with Crippen LogP contribution in [0.15, 0.2) is 86.0 Å². The zero-order chi connectivity index (χ0) is 44.0. The highest BCUT2D eigenvalue weighted by Gasteiger charge is 2.51. The molecule has 0 spiro atoms. The predicted molar refractivity (Wildman–Crippen MR) is 261 cm³/mol. The van der Waals surface area contributed by atoms with Crippen LogP contribution in [-0.2, 0) is 22.4 Å². The molecule has 0 N–H and O–H groups in total. The van der Waals surface area contributed by atoms with Crippen LogP contribution in [0.1, 0.15) is 88.5 Å². The monoisotopic (exact) mass is 870 g/mol. The lowest BCUT2D eigenvalue weighted by Crippen LogP contribution is -2.42. The van der Waals surface area contributed by atoms with E-state index in [-0.39, 0.29) is 35.5 Å². The number of nitrogens with zero attached hydrogens (tertiary/aromatic N) is 4. The van der Waals surface area contributed by atoms with Crippen molar-refractivity contribution in [2.45, 2.75) is 103 Å². The van der Waals surface area contributed by atoms with Crippen LogP contribution < -0.4 is 9.05 Å². The Morgan fingerprint density at radius 2 is 0.984 bits per heavy atom. The molecule has 2 saturated carbocycles. The van der Waals surface area contributed by atoms with E-state index in [1.165, 1.54) is 34.1 Å². The minimum Gasteiger partial charge on any atom is -0.444 e. The standard InChI is InChI=1S/C52H64N4O4P2/c1-11-17-33-19-23-39-41(27-33)35(13-3)31-49(59-61-53(7)43-25-21-37(47(57)15-5)29-45(43)55(61)9)51(39)52-40-24-20-34(18-12-2)28-42(40)36(14-4)32-50(52)60-62-54(8)44-26-22-38(48(58)16-6)30-46(44)56(62)10/h11-12,15-20,23-24,27-28,31-32,37-38,43-46H,5-6,13-14,21-22,25-26,29-30H2,1-4,7-10H3/b17-11-,18-12+. The molecule has 4 aliphatic rings. The third-order valence-corrected chi connectivity index (χ3v) is 18.3. The second-order valence-corrected chi connectivity index (χ2v) is 21.5. The molecular formula is C52H64N4O4P2. The Hall–Kier alpha value is -4.00. The van der Waals surface area contributed by atoms with E-state index in [0.717, 1.165) is 95.9 Å². The molecule has 4 aromatic rings. The summed E-state index contributed by atoms with van der Waals surface area (Å²) in [7, 11) is 6.32. The Bertz CT molecular complexity index is 2300. The zero-order valence-corrected chi connectivity index (χ0v) is 39.7. The molecule has 0 radical (unpaired) electrons. The van der Waals surface area contributed by atoms with Gasteiger partial charge in [0.1, 0.15) is 11.5 Å². The summed E-state index contributed by atoms with van der Waals surface area (Å²) < 4.78 is 24.8. The van der Waals surface area contributed by atoms with Crippen molar-refractivity contribution in [1.29, 1.82) is 0 Å². The number of carbonyl (C=O) groups excluding carboxylic acids is 2. The molecule has 8 nitrogen and oxygen atoms in total. The smallest absolute Gasteiger partial charge is 0.248 e. The van der Waals surface area contributed by atoms with Crippen LogP contribution in [0.5, 0.6) is 11.5 Å². The van der Waals surface area contributed by atoms with Crippen molar-refractivity contribution in [3.05, 3.63) is 108 Å². The summed E-state index contributed by atoms with van der Waals surface area (Å²) in [5.74, 6) is 1.99. The van der Waals surface area contributed by atoms with Crippen LogP contribution in [0.2, 0.25) is 0 Å². The molecular weight excluding hydrogens is 807 g/mol. The fourth-order valence-corrected chi connectivity index (χ4v) is 15.1. The van der Waals surface area contributed by atoms with Crippen LogP contribution in [0, 0.1) is 11.8 Å². The number of aryl methyl sites for hydroxylation is 2. The van der Waals surface area contributed by atoms with Crippen molar-refractivity contribution >= 4 is 62.2 Å². The summed E-state index contributed by atoms with van der Waals surface area (Å²) in [6.45, 7) is 16.2. The van der Waals surface area contributed by atoms with Crippen LogP contribution in [0.4, 0.5) is 0 Å². The van der Waals surface area contributed by atoms with Crippen molar-refractivity contribution in [2.75, 3.05) is 28.2 Å². The summed E-state index contributed by atoms with van der Waals surface area (Å²) in [6, 6.07) is 19.3. The Morgan fingerprint density at radius 1 is 0.597 bits per heavy atom. The third kappa shape index (κ3) is 7.95. The average molecular weight is 871 g/mol. The summed E-state index contributed by atoms with van der Waals surface area (Å²) in [6.07, 6.45) is 18.5. The van der Waals surface area contributed by atoms with E-state index >= 15 is 0 Å².